The van der Waals surface area contributed by atoms with Crippen LogP contribution in [0.3, 0.4) is 0 Å². The number of hydrogen-bond acceptors (Lipinski definition) is 0. The zero-order valence-electron chi connectivity index (χ0n) is 14.1. The van der Waals surface area contributed by atoms with Gasteiger partial charge in [-0.2, -0.15) is 6.08 Å². The summed E-state index contributed by atoms with van der Waals surface area (Å²) in [4.78, 5) is 0. The van der Waals surface area contributed by atoms with Gasteiger partial charge in [-0.1, -0.05) is 43.3 Å². The van der Waals surface area contributed by atoms with Crippen molar-refractivity contribution in [2.24, 2.45) is 0 Å². The molecule has 0 aromatic heterocycles. The van der Waals surface area contributed by atoms with Gasteiger partial charge >= 0.3 is 41.3 Å². The Morgan fingerprint density at radius 3 is 1.78 bits per heavy atom. The SMILES string of the molecule is CC1=[C-]CC=C1.C[C](C)=[Zr+2].c1ccc2c(c1)[cH-]c1ccccc12. The van der Waals surface area contributed by atoms with Crippen molar-refractivity contribution in [1.29, 1.82) is 0 Å². The summed E-state index contributed by atoms with van der Waals surface area (Å²) >= 11 is 1.55. The third kappa shape index (κ3) is 5.59. The zero-order valence-corrected chi connectivity index (χ0v) is 16.5. The average molecular weight is 378 g/mol. The van der Waals surface area contributed by atoms with Crippen molar-refractivity contribution in [3.63, 3.8) is 0 Å². The van der Waals surface area contributed by atoms with E-state index in [-0.39, 0.29) is 0 Å². The molecular formula is C22H22Zr. The molecule has 0 N–H and O–H groups in total. The smallest absolute Gasteiger partial charge is 0.0771 e. The van der Waals surface area contributed by atoms with E-state index in [0.717, 1.165) is 6.42 Å². The Hall–Kier alpha value is -1.46. The van der Waals surface area contributed by atoms with Crippen molar-refractivity contribution in [3.8, 4) is 0 Å². The van der Waals surface area contributed by atoms with Gasteiger partial charge in [-0.05, 0) is 0 Å². The maximum atomic E-state index is 3.12. The zero-order chi connectivity index (χ0) is 16.7. The first-order valence-electron chi connectivity index (χ1n) is 7.87. The molecule has 0 bridgehead atoms. The van der Waals surface area contributed by atoms with Crippen LogP contribution in [-0.4, -0.2) is 3.21 Å². The molecule has 0 saturated carbocycles. The molecule has 3 aromatic rings. The van der Waals surface area contributed by atoms with E-state index in [9.17, 15) is 0 Å². The van der Waals surface area contributed by atoms with Crippen LogP contribution in [-0.2, 0) is 24.2 Å². The van der Waals surface area contributed by atoms with Crippen LogP contribution in [0.25, 0.3) is 21.5 Å². The van der Waals surface area contributed by atoms with E-state index in [1.807, 2.05) is 0 Å². The largest absolute Gasteiger partial charge is 0.126 e. The molecule has 0 aliphatic heterocycles. The van der Waals surface area contributed by atoms with Crippen molar-refractivity contribution < 1.29 is 24.2 Å². The molecule has 0 saturated heterocycles. The van der Waals surface area contributed by atoms with Crippen LogP contribution < -0.4 is 0 Å². The summed E-state index contributed by atoms with van der Waals surface area (Å²) in [5.74, 6) is 0. The van der Waals surface area contributed by atoms with Crippen molar-refractivity contribution in [2.75, 3.05) is 0 Å². The second-order valence-corrected chi connectivity index (χ2v) is 8.24. The number of allylic oxidation sites excluding steroid dienone is 4. The Balaban J connectivity index is 0.000000161. The minimum atomic E-state index is 1.02. The molecule has 0 atom stereocenters. The monoisotopic (exact) mass is 376 g/mol. The van der Waals surface area contributed by atoms with Crippen molar-refractivity contribution in [3.05, 3.63) is 78.4 Å². The van der Waals surface area contributed by atoms with Gasteiger partial charge in [-0.25, -0.2) is 11.6 Å². The van der Waals surface area contributed by atoms with Gasteiger partial charge in [-0.3, -0.25) is 6.08 Å². The number of hydrogen-bond donors (Lipinski definition) is 0. The normalized spacial score (nSPS) is 12.3. The van der Waals surface area contributed by atoms with Gasteiger partial charge in [0, 0.05) is 0 Å². The summed E-state index contributed by atoms with van der Waals surface area (Å²) in [5, 5.41) is 5.39. The second-order valence-electron chi connectivity index (χ2n) is 5.79. The summed E-state index contributed by atoms with van der Waals surface area (Å²) in [6, 6.07) is 19.3. The van der Waals surface area contributed by atoms with E-state index < -0.39 is 0 Å². The van der Waals surface area contributed by atoms with E-state index in [4.69, 9.17) is 0 Å². The molecule has 0 fully saturated rings. The maximum Gasteiger partial charge on any atom is -0.0771 e. The van der Waals surface area contributed by atoms with E-state index in [0.29, 0.717) is 0 Å². The van der Waals surface area contributed by atoms with Gasteiger partial charge in [0.1, 0.15) is 0 Å². The van der Waals surface area contributed by atoms with Gasteiger partial charge in [0.15, 0.2) is 0 Å². The number of rotatable bonds is 0. The van der Waals surface area contributed by atoms with E-state index in [2.05, 4.69) is 93.6 Å². The summed E-state index contributed by atoms with van der Waals surface area (Å²) in [5.41, 5.74) is 1.27. The third-order valence-electron chi connectivity index (χ3n) is 3.39. The molecule has 0 heterocycles. The molecule has 114 valence electrons. The average Bonchev–Trinajstić information content (AvgIpc) is 3.13. The predicted molar refractivity (Wildman–Crippen MR) is 99.6 cm³/mol. The molecule has 0 unspecified atom stereocenters. The van der Waals surface area contributed by atoms with E-state index >= 15 is 0 Å². The van der Waals surface area contributed by atoms with Crippen LogP contribution in [0.5, 0.6) is 0 Å². The standard InChI is InChI=1S/C13H9.C6H7.C3H6.Zr/c1-3-7-12-10(5-1)9-11-6-2-4-8-13(11)12;1-6-4-2-3-5-6;1-3-2;/h1-9H;2,4H,3H2,1H3;1-2H3;/q2*-1;;+2. The van der Waals surface area contributed by atoms with E-state index in [1.54, 1.807) is 24.2 Å². The second kappa shape index (κ2) is 8.99. The summed E-state index contributed by atoms with van der Waals surface area (Å²) in [6.45, 7) is 6.31. The predicted octanol–water partition coefficient (Wildman–Crippen LogP) is 6.15. The number of fused-ring (bicyclic) bond motifs is 3. The Labute approximate surface area is 154 Å². The molecule has 4 rings (SSSR count). The molecule has 0 spiro atoms. The van der Waals surface area contributed by atoms with Gasteiger partial charge in [-0.15, -0.1) is 46.2 Å². The Kier molecular flexibility index (Phi) is 6.99. The first-order chi connectivity index (χ1) is 11.1. The van der Waals surface area contributed by atoms with Gasteiger partial charge in [0.25, 0.3) is 0 Å². The Morgan fingerprint density at radius 2 is 1.43 bits per heavy atom. The molecule has 1 aliphatic rings. The maximum absolute atomic E-state index is 3.12. The molecule has 1 aliphatic carbocycles. The first kappa shape index (κ1) is 17.9. The Bertz CT molecular complexity index is 789. The van der Waals surface area contributed by atoms with E-state index in [1.165, 1.54) is 30.3 Å². The fourth-order valence-electron chi connectivity index (χ4n) is 2.42. The fraction of sp³-hybridized carbons (Fsp3) is 0.182. The van der Waals surface area contributed by atoms with Crippen LogP contribution in [0.1, 0.15) is 27.2 Å². The van der Waals surface area contributed by atoms with Crippen LogP contribution >= 0.6 is 0 Å². The van der Waals surface area contributed by atoms with Crippen molar-refractivity contribution in [1.82, 2.24) is 0 Å². The molecule has 23 heavy (non-hydrogen) atoms. The van der Waals surface area contributed by atoms with Crippen molar-refractivity contribution >= 4 is 24.8 Å². The molecule has 3 aromatic carbocycles. The summed E-state index contributed by atoms with van der Waals surface area (Å²) < 4.78 is 1.51. The summed E-state index contributed by atoms with van der Waals surface area (Å²) in [6.07, 6.45) is 8.33. The quantitative estimate of drug-likeness (QED) is 0.412. The first-order valence-corrected chi connectivity index (χ1v) is 9.09. The van der Waals surface area contributed by atoms with Gasteiger partial charge in [0.05, 0.1) is 0 Å². The van der Waals surface area contributed by atoms with Crippen LogP contribution in [0.2, 0.25) is 0 Å². The fourth-order valence-corrected chi connectivity index (χ4v) is 2.42. The third-order valence-corrected chi connectivity index (χ3v) is 3.39. The van der Waals surface area contributed by atoms with Crippen LogP contribution in [0.4, 0.5) is 0 Å². The van der Waals surface area contributed by atoms with Crippen molar-refractivity contribution in [2.45, 2.75) is 27.2 Å². The minimum absolute atomic E-state index is 1.02. The number of benzene rings is 2. The molecule has 0 nitrogen and oxygen atoms in total. The van der Waals surface area contributed by atoms with Gasteiger partial charge in [0.2, 0.25) is 0 Å². The minimum Gasteiger partial charge on any atom is -0.126 e. The topological polar surface area (TPSA) is 0 Å². The molecule has 1 heteroatoms. The summed E-state index contributed by atoms with van der Waals surface area (Å²) in [7, 11) is 0. The van der Waals surface area contributed by atoms with Gasteiger partial charge < -0.3 is 0 Å². The Morgan fingerprint density at radius 1 is 0.957 bits per heavy atom. The molecule has 0 radical (unpaired) electrons. The van der Waals surface area contributed by atoms with Crippen LogP contribution in [0, 0.1) is 6.08 Å². The molecular weight excluding hydrogens is 355 g/mol. The van der Waals surface area contributed by atoms with Crippen LogP contribution in [0.15, 0.2) is 72.3 Å². The molecule has 0 amide bonds.